The molecular weight excluding hydrogens is 307 g/mol. The van der Waals surface area contributed by atoms with E-state index < -0.39 is 5.82 Å². The largest absolute Gasteiger partial charge is 0.476 e. The van der Waals surface area contributed by atoms with Crippen molar-refractivity contribution in [2.75, 3.05) is 24.6 Å². The van der Waals surface area contributed by atoms with Crippen molar-refractivity contribution in [3.8, 4) is 5.88 Å². The van der Waals surface area contributed by atoms with Crippen LogP contribution in [-0.2, 0) is 0 Å². The zero-order valence-corrected chi connectivity index (χ0v) is 12.7. The Labute approximate surface area is 133 Å². The maximum Gasteiger partial charge on any atom is 0.232 e. The standard InChI is InChI=1S/C15H16ClFN4O/c16-13-2-1-5-18-14(13)22-10-11-3-6-21(7-4-11)15-19-8-12(17)9-20-15/h1-2,5,8-9,11H,3-4,6-7,10H2. The summed E-state index contributed by atoms with van der Waals surface area (Å²) in [5.74, 6) is 1.08. The Bertz CT molecular complexity index is 617. The summed E-state index contributed by atoms with van der Waals surface area (Å²) in [5.41, 5.74) is 0. The van der Waals surface area contributed by atoms with Crippen molar-refractivity contribution in [3.05, 3.63) is 41.6 Å². The van der Waals surface area contributed by atoms with Crippen molar-refractivity contribution in [3.63, 3.8) is 0 Å². The van der Waals surface area contributed by atoms with Crippen molar-refractivity contribution >= 4 is 17.5 Å². The van der Waals surface area contributed by atoms with Gasteiger partial charge in [0.1, 0.15) is 5.02 Å². The van der Waals surface area contributed by atoms with Gasteiger partial charge in [0, 0.05) is 19.3 Å². The van der Waals surface area contributed by atoms with E-state index in [9.17, 15) is 4.39 Å². The molecule has 0 N–H and O–H groups in total. The molecule has 7 heteroatoms. The second-order valence-electron chi connectivity index (χ2n) is 5.23. The molecule has 0 unspecified atom stereocenters. The normalized spacial score (nSPS) is 15.8. The number of hydrogen-bond acceptors (Lipinski definition) is 5. The topological polar surface area (TPSA) is 51.1 Å². The van der Waals surface area contributed by atoms with Crippen LogP contribution in [0.25, 0.3) is 0 Å². The molecule has 0 aliphatic carbocycles. The predicted molar refractivity (Wildman–Crippen MR) is 81.7 cm³/mol. The lowest BCUT2D eigenvalue weighted by molar-refractivity contribution is 0.216. The Morgan fingerprint density at radius 1 is 1.23 bits per heavy atom. The third-order valence-electron chi connectivity index (χ3n) is 3.68. The van der Waals surface area contributed by atoms with Crippen LogP contribution in [-0.4, -0.2) is 34.6 Å². The summed E-state index contributed by atoms with van der Waals surface area (Å²) < 4.78 is 18.5. The summed E-state index contributed by atoms with van der Waals surface area (Å²) in [5, 5.41) is 0.527. The van der Waals surface area contributed by atoms with Crippen LogP contribution < -0.4 is 9.64 Å². The molecule has 3 heterocycles. The second-order valence-corrected chi connectivity index (χ2v) is 5.64. The van der Waals surface area contributed by atoms with Crippen LogP contribution in [0.5, 0.6) is 5.88 Å². The summed E-state index contributed by atoms with van der Waals surface area (Å²) in [6.07, 6.45) is 5.98. The van der Waals surface area contributed by atoms with Crippen LogP contribution in [0, 0.1) is 11.7 Å². The van der Waals surface area contributed by atoms with Gasteiger partial charge in [-0.2, -0.15) is 0 Å². The molecule has 1 aliphatic rings. The molecule has 116 valence electrons. The molecule has 0 saturated carbocycles. The molecule has 22 heavy (non-hydrogen) atoms. The lowest BCUT2D eigenvalue weighted by Gasteiger charge is -2.31. The fourth-order valence-corrected chi connectivity index (χ4v) is 2.62. The van der Waals surface area contributed by atoms with Gasteiger partial charge in [-0.3, -0.25) is 0 Å². The third-order valence-corrected chi connectivity index (χ3v) is 3.97. The lowest BCUT2D eigenvalue weighted by Crippen LogP contribution is -2.36. The van der Waals surface area contributed by atoms with Gasteiger partial charge < -0.3 is 9.64 Å². The highest BCUT2D eigenvalue weighted by Crippen LogP contribution is 2.24. The first-order valence-corrected chi connectivity index (χ1v) is 7.56. The average Bonchev–Trinajstić information content (AvgIpc) is 2.55. The van der Waals surface area contributed by atoms with Crippen LogP contribution in [0.1, 0.15) is 12.8 Å². The van der Waals surface area contributed by atoms with E-state index in [-0.39, 0.29) is 0 Å². The molecule has 0 aromatic carbocycles. The molecule has 0 atom stereocenters. The third kappa shape index (κ3) is 3.62. The first-order valence-electron chi connectivity index (χ1n) is 7.18. The summed E-state index contributed by atoms with van der Waals surface area (Å²) in [7, 11) is 0. The number of ether oxygens (including phenoxy) is 1. The minimum atomic E-state index is -0.417. The zero-order chi connectivity index (χ0) is 15.4. The lowest BCUT2D eigenvalue weighted by atomic mass is 9.98. The van der Waals surface area contributed by atoms with Gasteiger partial charge in [0.15, 0.2) is 5.82 Å². The Morgan fingerprint density at radius 2 is 1.95 bits per heavy atom. The number of piperidine rings is 1. The van der Waals surface area contributed by atoms with Gasteiger partial charge in [-0.25, -0.2) is 19.3 Å². The van der Waals surface area contributed by atoms with E-state index in [0.29, 0.717) is 29.4 Å². The Hall–Kier alpha value is -1.95. The van der Waals surface area contributed by atoms with Crippen molar-refractivity contribution < 1.29 is 9.13 Å². The minimum Gasteiger partial charge on any atom is -0.476 e. The van der Waals surface area contributed by atoms with Crippen molar-refractivity contribution in [1.82, 2.24) is 15.0 Å². The molecule has 3 rings (SSSR count). The molecule has 0 bridgehead atoms. The number of hydrogen-bond donors (Lipinski definition) is 0. The van der Waals surface area contributed by atoms with Crippen molar-refractivity contribution in [2.45, 2.75) is 12.8 Å². The summed E-state index contributed by atoms with van der Waals surface area (Å²) in [6, 6.07) is 3.54. The van der Waals surface area contributed by atoms with Crippen LogP contribution >= 0.6 is 11.6 Å². The summed E-state index contributed by atoms with van der Waals surface area (Å²) in [6.45, 7) is 2.25. The molecular formula is C15H16ClFN4O. The highest BCUT2D eigenvalue weighted by molar-refractivity contribution is 6.31. The predicted octanol–water partition coefficient (Wildman–Crippen LogP) is 2.96. The van der Waals surface area contributed by atoms with Crippen LogP contribution in [0.4, 0.5) is 10.3 Å². The number of nitrogens with zero attached hydrogens (tertiary/aromatic N) is 4. The molecule has 1 fully saturated rings. The monoisotopic (exact) mass is 322 g/mol. The Morgan fingerprint density at radius 3 is 2.64 bits per heavy atom. The Kier molecular flexibility index (Phi) is 4.68. The molecule has 0 radical (unpaired) electrons. The van der Waals surface area contributed by atoms with Gasteiger partial charge in [-0.05, 0) is 30.9 Å². The minimum absolute atomic E-state index is 0.417. The van der Waals surface area contributed by atoms with E-state index >= 15 is 0 Å². The van der Waals surface area contributed by atoms with Crippen LogP contribution in [0.2, 0.25) is 5.02 Å². The van der Waals surface area contributed by atoms with E-state index in [2.05, 4.69) is 19.9 Å². The van der Waals surface area contributed by atoms with Gasteiger partial charge in [0.05, 0.1) is 19.0 Å². The molecule has 2 aromatic heterocycles. The average molecular weight is 323 g/mol. The first-order chi connectivity index (χ1) is 10.7. The van der Waals surface area contributed by atoms with Gasteiger partial charge in [-0.1, -0.05) is 11.6 Å². The molecule has 5 nitrogen and oxygen atoms in total. The smallest absolute Gasteiger partial charge is 0.232 e. The van der Waals surface area contributed by atoms with Crippen LogP contribution in [0.15, 0.2) is 30.7 Å². The van der Waals surface area contributed by atoms with E-state index in [4.69, 9.17) is 16.3 Å². The summed E-state index contributed by atoms with van der Waals surface area (Å²) in [4.78, 5) is 14.2. The molecule has 1 saturated heterocycles. The highest BCUT2D eigenvalue weighted by Gasteiger charge is 2.21. The number of halogens is 2. The number of pyridine rings is 1. The first kappa shape index (κ1) is 15.0. The molecule has 0 amide bonds. The highest BCUT2D eigenvalue weighted by atomic mass is 35.5. The van der Waals surface area contributed by atoms with Crippen LogP contribution in [0.3, 0.4) is 0 Å². The fourth-order valence-electron chi connectivity index (χ4n) is 2.44. The molecule has 1 aliphatic heterocycles. The fraction of sp³-hybridized carbons (Fsp3) is 0.400. The summed E-state index contributed by atoms with van der Waals surface area (Å²) >= 11 is 6.02. The van der Waals surface area contributed by atoms with E-state index in [1.54, 1.807) is 18.3 Å². The number of rotatable bonds is 4. The molecule has 0 spiro atoms. The van der Waals surface area contributed by atoms with Gasteiger partial charge >= 0.3 is 0 Å². The van der Waals surface area contributed by atoms with E-state index in [0.717, 1.165) is 25.9 Å². The van der Waals surface area contributed by atoms with E-state index in [1.165, 1.54) is 12.4 Å². The quantitative estimate of drug-likeness (QED) is 0.866. The van der Waals surface area contributed by atoms with Crippen molar-refractivity contribution in [2.24, 2.45) is 5.92 Å². The zero-order valence-electron chi connectivity index (χ0n) is 12.0. The van der Waals surface area contributed by atoms with E-state index in [1.807, 2.05) is 0 Å². The Balaban J connectivity index is 1.49. The number of aromatic nitrogens is 3. The van der Waals surface area contributed by atoms with Gasteiger partial charge in [-0.15, -0.1) is 0 Å². The van der Waals surface area contributed by atoms with Crippen molar-refractivity contribution in [1.29, 1.82) is 0 Å². The molecule has 2 aromatic rings. The number of anilines is 1. The maximum atomic E-state index is 12.8. The SMILES string of the molecule is Fc1cnc(N2CCC(COc3ncccc3Cl)CC2)nc1. The second kappa shape index (κ2) is 6.87. The van der Waals surface area contributed by atoms with Gasteiger partial charge in [0.25, 0.3) is 0 Å². The maximum absolute atomic E-state index is 12.8. The van der Waals surface area contributed by atoms with Gasteiger partial charge in [0.2, 0.25) is 11.8 Å².